The van der Waals surface area contributed by atoms with Crippen LogP contribution in [0.5, 0.6) is 0 Å². The summed E-state index contributed by atoms with van der Waals surface area (Å²) in [4.78, 5) is 16.7. The molecule has 0 aromatic carbocycles. The number of nitrogens with one attached hydrogen (secondary N) is 2. The lowest BCUT2D eigenvalue weighted by Crippen LogP contribution is -2.55. The molecule has 0 saturated carbocycles. The molecule has 2 amide bonds. The molecule has 2 heterocycles. The Balaban J connectivity index is 1.81. The molecule has 0 aliphatic carbocycles. The zero-order valence-corrected chi connectivity index (χ0v) is 13.5. The van der Waals surface area contributed by atoms with E-state index in [9.17, 15) is 4.79 Å². The zero-order valence-electron chi connectivity index (χ0n) is 13.5. The molecular formula is C15H26N4O3. The lowest BCUT2D eigenvalue weighted by Gasteiger charge is -2.37. The molecule has 0 bridgehead atoms. The van der Waals surface area contributed by atoms with Crippen LogP contribution in [-0.4, -0.2) is 75.9 Å². The molecule has 22 heavy (non-hydrogen) atoms. The van der Waals surface area contributed by atoms with Crippen LogP contribution in [0.3, 0.4) is 0 Å². The van der Waals surface area contributed by atoms with Crippen LogP contribution in [0.4, 0.5) is 4.79 Å². The Kier molecular flexibility index (Phi) is 6.23. The first-order valence-electron chi connectivity index (χ1n) is 7.55. The Labute approximate surface area is 131 Å². The predicted molar refractivity (Wildman–Crippen MR) is 83.8 cm³/mol. The van der Waals surface area contributed by atoms with Gasteiger partial charge in [0.05, 0.1) is 12.9 Å². The van der Waals surface area contributed by atoms with Crippen LogP contribution in [-0.2, 0) is 4.74 Å². The molecule has 7 heteroatoms. The maximum atomic E-state index is 12.1. The number of urea groups is 1. The second-order valence-corrected chi connectivity index (χ2v) is 5.77. The molecule has 1 aliphatic heterocycles. The summed E-state index contributed by atoms with van der Waals surface area (Å²) in [5.41, 5.74) is 0. The third kappa shape index (κ3) is 4.72. The maximum Gasteiger partial charge on any atom is 0.315 e. The predicted octanol–water partition coefficient (Wildman–Crippen LogP) is 0.512. The van der Waals surface area contributed by atoms with Gasteiger partial charge in [0.2, 0.25) is 0 Å². The van der Waals surface area contributed by atoms with Gasteiger partial charge in [-0.1, -0.05) is 0 Å². The molecule has 2 rings (SSSR count). The number of nitrogens with zero attached hydrogens (tertiary/aromatic N) is 2. The van der Waals surface area contributed by atoms with Gasteiger partial charge in [0.15, 0.2) is 0 Å². The van der Waals surface area contributed by atoms with E-state index in [0.717, 1.165) is 19.6 Å². The number of likely N-dealkylation sites (N-methyl/N-ethyl adjacent to an activating group) is 2. The van der Waals surface area contributed by atoms with Gasteiger partial charge in [-0.25, -0.2) is 4.79 Å². The SMILES string of the molecule is COC[C@@H](NC(=O)NC[C@H]1CN(C)CCN1C)c1ccco1. The summed E-state index contributed by atoms with van der Waals surface area (Å²) in [5, 5.41) is 5.82. The fraction of sp³-hybridized carbons (Fsp3) is 0.667. The number of carbonyl (C=O) groups excluding carboxylic acids is 1. The van der Waals surface area contributed by atoms with E-state index in [2.05, 4.69) is 34.5 Å². The number of amides is 2. The average molecular weight is 310 g/mol. The van der Waals surface area contributed by atoms with Gasteiger partial charge < -0.3 is 24.7 Å². The first-order valence-corrected chi connectivity index (χ1v) is 7.55. The Hall–Kier alpha value is -1.57. The molecule has 1 aromatic rings. The first-order chi connectivity index (χ1) is 10.6. The molecule has 2 N–H and O–H groups in total. The Morgan fingerprint density at radius 1 is 1.50 bits per heavy atom. The number of carbonyl (C=O) groups is 1. The smallest absolute Gasteiger partial charge is 0.315 e. The van der Waals surface area contributed by atoms with Crippen molar-refractivity contribution in [1.82, 2.24) is 20.4 Å². The molecule has 0 spiro atoms. The van der Waals surface area contributed by atoms with Crippen LogP contribution < -0.4 is 10.6 Å². The van der Waals surface area contributed by atoms with Crippen LogP contribution in [0.1, 0.15) is 11.8 Å². The van der Waals surface area contributed by atoms with Crippen molar-refractivity contribution < 1.29 is 13.9 Å². The first kappa shape index (κ1) is 16.8. The average Bonchev–Trinajstić information content (AvgIpc) is 3.02. The number of piperazine rings is 1. The molecule has 1 aromatic heterocycles. The van der Waals surface area contributed by atoms with Gasteiger partial charge in [0, 0.05) is 39.3 Å². The van der Waals surface area contributed by atoms with Gasteiger partial charge in [-0.15, -0.1) is 0 Å². The number of ether oxygens (including phenoxy) is 1. The highest BCUT2D eigenvalue weighted by Gasteiger charge is 2.23. The van der Waals surface area contributed by atoms with Gasteiger partial charge >= 0.3 is 6.03 Å². The highest BCUT2D eigenvalue weighted by molar-refractivity contribution is 5.74. The number of methoxy groups -OCH3 is 1. The van der Waals surface area contributed by atoms with Crippen LogP contribution in [0.15, 0.2) is 22.8 Å². The summed E-state index contributed by atoms with van der Waals surface area (Å²) in [7, 11) is 5.79. The minimum Gasteiger partial charge on any atom is -0.467 e. The van der Waals surface area contributed by atoms with Crippen molar-refractivity contribution in [2.75, 3.05) is 54.0 Å². The van der Waals surface area contributed by atoms with Gasteiger partial charge in [-0.05, 0) is 26.2 Å². The Bertz CT molecular complexity index is 452. The second-order valence-electron chi connectivity index (χ2n) is 5.77. The van der Waals surface area contributed by atoms with Crippen molar-refractivity contribution in [2.45, 2.75) is 12.1 Å². The fourth-order valence-electron chi connectivity index (χ4n) is 2.59. The molecule has 1 fully saturated rings. The third-order valence-electron chi connectivity index (χ3n) is 4.00. The molecule has 1 saturated heterocycles. The number of furan rings is 1. The van der Waals surface area contributed by atoms with E-state index in [1.54, 1.807) is 19.4 Å². The summed E-state index contributed by atoms with van der Waals surface area (Å²) in [6.07, 6.45) is 1.59. The highest BCUT2D eigenvalue weighted by Crippen LogP contribution is 2.13. The molecule has 7 nitrogen and oxygen atoms in total. The molecular weight excluding hydrogens is 284 g/mol. The normalized spacial score (nSPS) is 21.5. The zero-order chi connectivity index (χ0) is 15.9. The summed E-state index contributed by atoms with van der Waals surface area (Å²) in [6, 6.07) is 3.46. The quantitative estimate of drug-likeness (QED) is 0.801. The van der Waals surface area contributed by atoms with Crippen LogP contribution >= 0.6 is 0 Å². The molecule has 124 valence electrons. The lowest BCUT2D eigenvalue weighted by atomic mass is 10.2. The molecule has 0 unspecified atom stereocenters. The van der Waals surface area contributed by atoms with E-state index >= 15 is 0 Å². The van der Waals surface area contributed by atoms with Crippen molar-refractivity contribution in [2.24, 2.45) is 0 Å². The summed E-state index contributed by atoms with van der Waals surface area (Å²) < 4.78 is 10.5. The van der Waals surface area contributed by atoms with Gasteiger partial charge in [-0.3, -0.25) is 4.90 Å². The van der Waals surface area contributed by atoms with Crippen molar-refractivity contribution in [3.05, 3.63) is 24.2 Å². The fourth-order valence-corrected chi connectivity index (χ4v) is 2.59. The van der Waals surface area contributed by atoms with Crippen LogP contribution in [0, 0.1) is 0 Å². The maximum absolute atomic E-state index is 12.1. The van der Waals surface area contributed by atoms with E-state index < -0.39 is 0 Å². The molecule has 1 aliphatic rings. The topological polar surface area (TPSA) is 70.0 Å². The molecule has 0 radical (unpaired) electrons. The van der Waals surface area contributed by atoms with Gasteiger partial charge in [0.25, 0.3) is 0 Å². The van der Waals surface area contributed by atoms with E-state index in [-0.39, 0.29) is 12.1 Å². The minimum absolute atomic E-state index is 0.208. The van der Waals surface area contributed by atoms with Gasteiger partial charge in [-0.2, -0.15) is 0 Å². The largest absolute Gasteiger partial charge is 0.467 e. The summed E-state index contributed by atoms with van der Waals surface area (Å²) >= 11 is 0. The summed E-state index contributed by atoms with van der Waals surface area (Å²) in [6.45, 7) is 4.02. The van der Waals surface area contributed by atoms with Crippen molar-refractivity contribution in [1.29, 1.82) is 0 Å². The monoisotopic (exact) mass is 310 g/mol. The number of hydrogen-bond acceptors (Lipinski definition) is 5. The number of rotatable bonds is 6. The minimum atomic E-state index is -0.285. The Morgan fingerprint density at radius 3 is 3.00 bits per heavy atom. The van der Waals surface area contributed by atoms with Crippen LogP contribution in [0.25, 0.3) is 0 Å². The highest BCUT2D eigenvalue weighted by atomic mass is 16.5. The standard InChI is InChI=1S/C15H26N4O3/c1-18-6-7-19(2)12(10-18)9-16-15(20)17-13(11-21-3)14-5-4-8-22-14/h4-5,8,12-13H,6-7,9-11H2,1-3H3,(H2,16,17,20)/t12-,13+/m0/s1. The lowest BCUT2D eigenvalue weighted by molar-refractivity contribution is 0.113. The van der Waals surface area contributed by atoms with Crippen molar-refractivity contribution in [3.8, 4) is 0 Å². The second kappa shape index (κ2) is 8.17. The summed E-state index contributed by atoms with van der Waals surface area (Å²) in [5.74, 6) is 0.687. The van der Waals surface area contributed by atoms with Crippen LogP contribution in [0.2, 0.25) is 0 Å². The van der Waals surface area contributed by atoms with E-state index in [1.165, 1.54) is 0 Å². The number of hydrogen-bond donors (Lipinski definition) is 2. The van der Waals surface area contributed by atoms with Gasteiger partial charge in [0.1, 0.15) is 11.8 Å². The van der Waals surface area contributed by atoms with E-state index in [1.807, 2.05) is 6.07 Å². The molecule has 2 atom stereocenters. The van der Waals surface area contributed by atoms with E-state index in [4.69, 9.17) is 9.15 Å². The van der Waals surface area contributed by atoms with E-state index in [0.29, 0.717) is 25.0 Å². The third-order valence-corrected chi connectivity index (χ3v) is 4.00. The Morgan fingerprint density at radius 2 is 2.32 bits per heavy atom. The van der Waals surface area contributed by atoms with Crippen molar-refractivity contribution in [3.63, 3.8) is 0 Å². The van der Waals surface area contributed by atoms with Crippen molar-refractivity contribution >= 4 is 6.03 Å².